The number of hydrogen-bond donors (Lipinski definition) is 0. The fraction of sp³-hybridized carbons (Fsp3) is 0.364. The molecule has 0 atom stereocenters. The van der Waals surface area contributed by atoms with E-state index in [1.807, 2.05) is 73.4 Å². The second kappa shape index (κ2) is 8.35. The molecule has 5 nitrogen and oxygen atoms in total. The Morgan fingerprint density at radius 2 is 1.74 bits per heavy atom. The van der Waals surface area contributed by atoms with Crippen molar-refractivity contribution in [1.29, 1.82) is 0 Å². The van der Waals surface area contributed by atoms with Crippen molar-refractivity contribution in [3.63, 3.8) is 0 Å². The maximum atomic E-state index is 13.2. The van der Waals surface area contributed by atoms with Crippen molar-refractivity contribution in [3.8, 4) is 5.69 Å². The summed E-state index contributed by atoms with van der Waals surface area (Å²) in [4.78, 5) is 19.9. The highest BCUT2D eigenvalue weighted by molar-refractivity contribution is 5.33. The summed E-state index contributed by atoms with van der Waals surface area (Å²) in [6.45, 7) is 8.68. The van der Waals surface area contributed by atoms with Gasteiger partial charge in [-0.3, -0.25) is 19.4 Å². The SMILES string of the molecule is Cc1c(CN(Cc2ccccn2)CC(C)C)c(=O)n(-c2ccccc2)n1C. The quantitative estimate of drug-likeness (QED) is 0.644. The Morgan fingerprint density at radius 3 is 2.37 bits per heavy atom. The summed E-state index contributed by atoms with van der Waals surface area (Å²) in [5.74, 6) is 0.508. The first-order valence-electron chi connectivity index (χ1n) is 9.42. The predicted octanol–water partition coefficient (Wildman–Crippen LogP) is 3.54. The van der Waals surface area contributed by atoms with Crippen molar-refractivity contribution >= 4 is 0 Å². The topological polar surface area (TPSA) is 43.1 Å². The minimum absolute atomic E-state index is 0.0518. The van der Waals surface area contributed by atoms with Gasteiger partial charge in [-0.15, -0.1) is 0 Å². The second-order valence-corrected chi connectivity index (χ2v) is 7.42. The van der Waals surface area contributed by atoms with Gasteiger partial charge in [0.15, 0.2) is 0 Å². The highest BCUT2D eigenvalue weighted by atomic mass is 16.1. The Morgan fingerprint density at radius 1 is 1.04 bits per heavy atom. The number of benzene rings is 1. The molecule has 0 unspecified atom stereocenters. The Hall–Kier alpha value is -2.66. The summed E-state index contributed by atoms with van der Waals surface area (Å²) in [5.41, 5.74) is 3.81. The van der Waals surface area contributed by atoms with Crippen molar-refractivity contribution in [2.24, 2.45) is 13.0 Å². The van der Waals surface area contributed by atoms with Crippen molar-refractivity contribution in [1.82, 2.24) is 19.2 Å². The molecule has 0 amide bonds. The summed E-state index contributed by atoms with van der Waals surface area (Å²) < 4.78 is 3.69. The van der Waals surface area contributed by atoms with E-state index >= 15 is 0 Å². The van der Waals surface area contributed by atoms with Crippen LogP contribution in [0.15, 0.2) is 59.5 Å². The van der Waals surface area contributed by atoms with Crippen LogP contribution >= 0.6 is 0 Å². The van der Waals surface area contributed by atoms with Crippen LogP contribution in [0.2, 0.25) is 0 Å². The molecule has 2 aromatic heterocycles. The van der Waals surface area contributed by atoms with Crippen LogP contribution < -0.4 is 5.56 Å². The average Bonchev–Trinajstić information content (AvgIpc) is 2.86. The van der Waals surface area contributed by atoms with Crippen LogP contribution in [0.3, 0.4) is 0 Å². The number of rotatable bonds is 7. The molecule has 3 aromatic rings. The molecule has 5 heteroatoms. The molecule has 0 aliphatic rings. The second-order valence-electron chi connectivity index (χ2n) is 7.42. The maximum Gasteiger partial charge on any atom is 0.276 e. The third-order valence-corrected chi connectivity index (χ3v) is 4.79. The molecule has 0 bridgehead atoms. The minimum Gasteiger partial charge on any atom is -0.293 e. The van der Waals surface area contributed by atoms with Gasteiger partial charge in [-0.2, -0.15) is 0 Å². The molecule has 0 aliphatic heterocycles. The molecule has 142 valence electrons. The van der Waals surface area contributed by atoms with Crippen LogP contribution in [0.25, 0.3) is 5.69 Å². The lowest BCUT2D eigenvalue weighted by Crippen LogP contribution is -2.30. The van der Waals surface area contributed by atoms with Gasteiger partial charge in [0.25, 0.3) is 5.56 Å². The Labute approximate surface area is 160 Å². The van der Waals surface area contributed by atoms with E-state index < -0.39 is 0 Å². The molecular formula is C22H28N4O. The molecular weight excluding hydrogens is 336 g/mol. The van der Waals surface area contributed by atoms with Gasteiger partial charge in [0.05, 0.1) is 16.9 Å². The van der Waals surface area contributed by atoms with Crippen molar-refractivity contribution in [3.05, 3.63) is 82.0 Å². The van der Waals surface area contributed by atoms with E-state index in [1.165, 1.54) is 0 Å². The van der Waals surface area contributed by atoms with Crippen molar-refractivity contribution < 1.29 is 0 Å². The van der Waals surface area contributed by atoms with Gasteiger partial charge in [0, 0.05) is 38.6 Å². The Balaban J connectivity index is 1.93. The lowest BCUT2D eigenvalue weighted by atomic mass is 10.1. The largest absolute Gasteiger partial charge is 0.293 e. The van der Waals surface area contributed by atoms with Gasteiger partial charge in [0.1, 0.15) is 0 Å². The minimum atomic E-state index is 0.0518. The van der Waals surface area contributed by atoms with Gasteiger partial charge in [-0.05, 0) is 37.1 Å². The Kier molecular flexibility index (Phi) is 5.91. The highest BCUT2D eigenvalue weighted by Crippen LogP contribution is 2.14. The predicted molar refractivity (Wildman–Crippen MR) is 109 cm³/mol. The van der Waals surface area contributed by atoms with E-state index in [1.54, 1.807) is 4.68 Å². The van der Waals surface area contributed by atoms with Crippen LogP contribution in [0.5, 0.6) is 0 Å². The first kappa shape index (κ1) is 19.1. The molecule has 27 heavy (non-hydrogen) atoms. The van der Waals surface area contributed by atoms with Crippen LogP contribution in [0, 0.1) is 12.8 Å². The van der Waals surface area contributed by atoms with Gasteiger partial charge >= 0.3 is 0 Å². The number of hydrogen-bond acceptors (Lipinski definition) is 3. The molecule has 0 fully saturated rings. The first-order chi connectivity index (χ1) is 13.0. The molecule has 0 saturated heterocycles. The third kappa shape index (κ3) is 4.37. The molecule has 1 aromatic carbocycles. The normalized spacial score (nSPS) is 11.5. The van der Waals surface area contributed by atoms with Crippen molar-refractivity contribution in [2.45, 2.75) is 33.9 Å². The van der Waals surface area contributed by atoms with Gasteiger partial charge in [-0.1, -0.05) is 38.1 Å². The van der Waals surface area contributed by atoms with Gasteiger partial charge < -0.3 is 0 Å². The van der Waals surface area contributed by atoms with Gasteiger partial charge in [-0.25, -0.2) is 4.68 Å². The monoisotopic (exact) mass is 364 g/mol. The van der Waals surface area contributed by atoms with Gasteiger partial charge in [0.2, 0.25) is 0 Å². The zero-order valence-electron chi connectivity index (χ0n) is 16.6. The molecule has 3 rings (SSSR count). The summed E-state index contributed by atoms with van der Waals surface area (Å²) >= 11 is 0. The van der Waals surface area contributed by atoms with E-state index in [-0.39, 0.29) is 5.56 Å². The van der Waals surface area contributed by atoms with Crippen LogP contribution in [-0.4, -0.2) is 25.8 Å². The summed E-state index contributed by atoms with van der Waals surface area (Å²) in [7, 11) is 1.94. The number of pyridine rings is 1. The lowest BCUT2D eigenvalue weighted by molar-refractivity contribution is 0.224. The molecule has 0 aliphatic carbocycles. The molecule has 2 heterocycles. The molecule has 0 radical (unpaired) electrons. The van der Waals surface area contributed by atoms with E-state index in [4.69, 9.17) is 0 Å². The fourth-order valence-electron chi connectivity index (χ4n) is 3.45. The maximum absolute atomic E-state index is 13.2. The fourth-order valence-corrected chi connectivity index (χ4v) is 3.45. The summed E-state index contributed by atoms with van der Waals surface area (Å²) in [6.07, 6.45) is 1.82. The smallest absolute Gasteiger partial charge is 0.276 e. The average molecular weight is 364 g/mol. The van der Waals surface area contributed by atoms with Crippen molar-refractivity contribution in [2.75, 3.05) is 6.54 Å². The standard InChI is InChI=1S/C22H28N4O/c1-17(2)14-25(15-19-10-8-9-13-23-19)16-21-18(3)24(4)26(22(21)27)20-11-6-5-7-12-20/h5-13,17H,14-16H2,1-4H3. The molecule has 0 saturated carbocycles. The Bertz CT molecular complexity index is 926. The highest BCUT2D eigenvalue weighted by Gasteiger charge is 2.19. The zero-order valence-corrected chi connectivity index (χ0v) is 16.6. The molecule has 0 spiro atoms. The van der Waals surface area contributed by atoms with Crippen LogP contribution in [-0.2, 0) is 20.1 Å². The van der Waals surface area contributed by atoms with E-state index in [2.05, 4.69) is 23.7 Å². The molecule has 0 N–H and O–H groups in total. The number of aromatic nitrogens is 3. The van der Waals surface area contributed by atoms with Crippen LogP contribution in [0.1, 0.15) is 30.8 Å². The van der Waals surface area contributed by atoms with E-state index in [0.29, 0.717) is 12.5 Å². The summed E-state index contributed by atoms with van der Waals surface area (Å²) in [6, 6.07) is 15.8. The van der Waals surface area contributed by atoms with E-state index in [0.717, 1.165) is 35.7 Å². The number of nitrogens with zero attached hydrogens (tertiary/aromatic N) is 4. The summed E-state index contributed by atoms with van der Waals surface area (Å²) in [5, 5.41) is 0. The third-order valence-electron chi connectivity index (χ3n) is 4.79. The number of para-hydroxylation sites is 1. The first-order valence-corrected chi connectivity index (χ1v) is 9.42. The van der Waals surface area contributed by atoms with Crippen LogP contribution in [0.4, 0.5) is 0 Å². The van der Waals surface area contributed by atoms with E-state index in [9.17, 15) is 4.79 Å². The lowest BCUT2D eigenvalue weighted by Gasteiger charge is -2.23. The zero-order chi connectivity index (χ0) is 19.4.